The standard InChI is InChI=1S/C18H14N4O4S2/c23-18(19-11-12-5-4-10-26-12)13-6-1-2-7-14(13)22-28(24,25)16-9-3-8-15-17(16)21-27-20-15/h1-10,22H,11H2,(H,19,23). The van der Waals surface area contributed by atoms with Gasteiger partial charge in [0.15, 0.2) is 0 Å². The summed E-state index contributed by atoms with van der Waals surface area (Å²) in [6, 6.07) is 14.6. The van der Waals surface area contributed by atoms with Gasteiger partial charge in [-0.05, 0) is 36.4 Å². The maximum absolute atomic E-state index is 12.9. The van der Waals surface area contributed by atoms with Crippen LogP contribution in [0.2, 0.25) is 0 Å². The predicted octanol–water partition coefficient (Wildman–Crippen LogP) is 3.02. The van der Waals surface area contributed by atoms with E-state index in [0.29, 0.717) is 16.8 Å². The van der Waals surface area contributed by atoms with Gasteiger partial charge in [-0.3, -0.25) is 9.52 Å². The minimum absolute atomic E-state index is 0.00421. The van der Waals surface area contributed by atoms with Crippen LogP contribution in [0.25, 0.3) is 11.0 Å². The summed E-state index contributed by atoms with van der Waals surface area (Å²) in [4.78, 5) is 12.6. The van der Waals surface area contributed by atoms with Crippen LogP contribution in [0.1, 0.15) is 16.1 Å². The molecule has 0 saturated heterocycles. The van der Waals surface area contributed by atoms with Gasteiger partial charge in [0.25, 0.3) is 15.9 Å². The lowest BCUT2D eigenvalue weighted by molar-refractivity contribution is 0.0949. The second-order valence-corrected chi connectivity index (χ2v) is 7.98. The van der Waals surface area contributed by atoms with Gasteiger partial charge in [-0.15, -0.1) is 0 Å². The third-order valence-corrected chi connectivity index (χ3v) is 5.90. The molecule has 10 heteroatoms. The average molecular weight is 414 g/mol. The van der Waals surface area contributed by atoms with E-state index in [-0.39, 0.29) is 22.7 Å². The summed E-state index contributed by atoms with van der Waals surface area (Å²) >= 11 is 0.938. The van der Waals surface area contributed by atoms with Crippen molar-refractivity contribution in [2.45, 2.75) is 11.4 Å². The van der Waals surface area contributed by atoms with Crippen molar-refractivity contribution in [2.24, 2.45) is 0 Å². The molecule has 4 aromatic rings. The zero-order chi connectivity index (χ0) is 19.6. The van der Waals surface area contributed by atoms with Gasteiger partial charge in [0, 0.05) is 0 Å². The Hall–Kier alpha value is -3.24. The Morgan fingerprint density at radius 3 is 2.71 bits per heavy atom. The lowest BCUT2D eigenvalue weighted by atomic mass is 10.1. The fourth-order valence-electron chi connectivity index (χ4n) is 2.64. The molecule has 0 aliphatic heterocycles. The molecule has 1 amide bonds. The Bertz CT molecular complexity index is 1230. The number of carbonyl (C=O) groups excluding carboxylic acids is 1. The zero-order valence-electron chi connectivity index (χ0n) is 14.3. The number of fused-ring (bicyclic) bond motifs is 1. The Morgan fingerprint density at radius 2 is 1.89 bits per heavy atom. The third kappa shape index (κ3) is 3.59. The van der Waals surface area contributed by atoms with Crippen molar-refractivity contribution < 1.29 is 17.6 Å². The Morgan fingerprint density at radius 1 is 1.04 bits per heavy atom. The van der Waals surface area contributed by atoms with E-state index in [1.165, 1.54) is 18.4 Å². The molecule has 0 unspecified atom stereocenters. The van der Waals surface area contributed by atoms with Crippen LogP contribution >= 0.6 is 11.7 Å². The number of nitrogens with one attached hydrogen (secondary N) is 2. The summed E-state index contributed by atoms with van der Waals surface area (Å²) in [6.45, 7) is 0.191. The molecule has 0 aliphatic carbocycles. The Balaban J connectivity index is 1.61. The normalized spacial score (nSPS) is 11.4. The van der Waals surface area contributed by atoms with E-state index in [9.17, 15) is 13.2 Å². The zero-order valence-corrected chi connectivity index (χ0v) is 16.0. The largest absolute Gasteiger partial charge is 0.467 e. The summed E-state index contributed by atoms with van der Waals surface area (Å²) in [5.74, 6) is 0.164. The number of sulfonamides is 1. The molecule has 2 heterocycles. The highest BCUT2D eigenvalue weighted by molar-refractivity contribution is 7.93. The third-order valence-electron chi connectivity index (χ3n) is 3.96. The Kier molecular flexibility index (Phi) is 4.80. The number of hydrogen-bond acceptors (Lipinski definition) is 7. The van der Waals surface area contributed by atoms with Gasteiger partial charge in [0.1, 0.15) is 21.7 Å². The molecule has 0 fully saturated rings. The molecule has 0 radical (unpaired) electrons. The van der Waals surface area contributed by atoms with Crippen LogP contribution < -0.4 is 10.0 Å². The number of furan rings is 1. The lowest BCUT2D eigenvalue weighted by Crippen LogP contribution is -2.24. The number of anilines is 1. The number of rotatable bonds is 6. The monoisotopic (exact) mass is 414 g/mol. The summed E-state index contributed by atoms with van der Waals surface area (Å²) in [5.41, 5.74) is 1.15. The fraction of sp³-hybridized carbons (Fsp3) is 0.0556. The van der Waals surface area contributed by atoms with Crippen molar-refractivity contribution in [3.8, 4) is 0 Å². The summed E-state index contributed by atoms with van der Waals surface area (Å²) in [6.07, 6.45) is 1.51. The number of carbonyl (C=O) groups is 1. The number of benzene rings is 2. The first kappa shape index (κ1) is 18.1. The Labute approximate surface area is 164 Å². The van der Waals surface area contributed by atoms with Crippen LogP contribution in [0.3, 0.4) is 0 Å². The average Bonchev–Trinajstić information content (AvgIpc) is 3.37. The molecule has 142 valence electrons. The van der Waals surface area contributed by atoms with Crippen molar-refractivity contribution in [2.75, 3.05) is 4.72 Å². The van der Waals surface area contributed by atoms with E-state index in [0.717, 1.165) is 11.7 Å². The maximum atomic E-state index is 12.9. The molecular formula is C18H14N4O4S2. The number of para-hydroxylation sites is 1. The number of hydrogen-bond donors (Lipinski definition) is 2. The van der Waals surface area contributed by atoms with Crippen LogP contribution in [0.4, 0.5) is 5.69 Å². The van der Waals surface area contributed by atoms with Crippen molar-refractivity contribution >= 4 is 44.4 Å². The minimum atomic E-state index is -3.97. The van der Waals surface area contributed by atoms with Gasteiger partial charge < -0.3 is 9.73 Å². The van der Waals surface area contributed by atoms with E-state index >= 15 is 0 Å². The maximum Gasteiger partial charge on any atom is 0.264 e. The van der Waals surface area contributed by atoms with Gasteiger partial charge in [-0.1, -0.05) is 18.2 Å². The van der Waals surface area contributed by atoms with E-state index in [2.05, 4.69) is 18.8 Å². The van der Waals surface area contributed by atoms with Gasteiger partial charge in [0.05, 0.1) is 35.8 Å². The molecule has 0 atom stereocenters. The number of amides is 1. The summed E-state index contributed by atoms with van der Waals surface area (Å²) in [5, 5.41) is 2.70. The SMILES string of the molecule is O=C(NCc1ccco1)c1ccccc1NS(=O)(=O)c1cccc2nsnc12. The fourth-order valence-corrected chi connectivity index (χ4v) is 4.49. The molecule has 0 spiro atoms. The van der Waals surface area contributed by atoms with Crippen molar-refractivity contribution in [1.82, 2.24) is 14.1 Å². The highest BCUT2D eigenvalue weighted by Crippen LogP contribution is 2.25. The molecule has 0 aliphatic rings. The molecule has 2 N–H and O–H groups in total. The van der Waals surface area contributed by atoms with Gasteiger partial charge >= 0.3 is 0 Å². The molecule has 4 rings (SSSR count). The molecule has 0 bridgehead atoms. The minimum Gasteiger partial charge on any atom is -0.467 e. The number of nitrogens with zero attached hydrogens (tertiary/aromatic N) is 2. The molecule has 28 heavy (non-hydrogen) atoms. The lowest BCUT2D eigenvalue weighted by Gasteiger charge is -2.12. The molecular weight excluding hydrogens is 400 g/mol. The van der Waals surface area contributed by atoms with Gasteiger partial charge in [-0.2, -0.15) is 8.75 Å². The summed E-state index contributed by atoms with van der Waals surface area (Å²) < 4.78 is 41.6. The van der Waals surface area contributed by atoms with Crippen molar-refractivity contribution in [1.29, 1.82) is 0 Å². The second kappa shape index (κ2) is 7.41. The van der Waals surface area contributed by atoms with Gasteiger partial charge in [0.2, 0.25) is 0 Å². The molecule has 2 aromatic carbocycles. The van der Waals surface area contributed by atoms with Crippen LogP contribution in [-0.4, -0.2) is 23.1 Å². The second-order valence-electron chi connectivity index (χ2n) is 5.80. The van der Waals surface area contributed by atoms with Gasteiger partial charge in [-0.25, -0.2) is 8.42 Å². The van der Waals surface area contributed by atoms with E-state index < -0.39 is 15.9 Å². The van der Waals surface area contributed by atoms with Crippen LogP contribution in [0.5, 0.6) is 0 Å². The summed E-state index contributed by atoms with van der Waals surface area (Å²) in [7, 11) is -3.97. The van der Waals surface area contributed by atoms with Crippen LogP contribution in [0.15, 0.2) is 70.2 Å². The highest BCUT2D eigenvalue weighted by Gasteiger charge is 2.22. The first-order valence-electron chi connectivity index (χ1n) is 8.18. The van der Waals surface area contributed by atoms with Crippen molar-refractivity contribution in [3.05, 3.63) is 72.2 Å². The first-order valence-corrected chi connectivity index (χ1v) is 10.4. The quantitative estimate of drug-likeness (QED) is 0.501. The highest BCUT2D eigenvalue weighted by atomic mass is 32.2. The molecule has 2 aromatic heterocycles. The van der Waals surface area contributed by atoms with E-state index in [1.54, 1.807) is 42.5 Å². The molecule has 0 saturated carbocycles. The van der Waals surface area contributed by atoms with Crippen LogP contribution in [-0.2, 0) is 16.6 Å². The first-order chi connectivity index (χ1) is 13.5. The number of aromatic nitrogens is 2. The predicted molar refractivity (Wildman–Crippen MR) is 105 cm³/mol. The van der Waals surface area contributed by atoms with E-state index in [1.807, 2.05) is 0 Å². The van der Waals surface area contributed by atoms with Crippen molar-refractivity contribution in [3.63, 3.8) is 0 Å². The molecule has 8 nitrogen and oxygen atoms in total. The van der Waals surface area contributed by atoms with E-state index in [4.69, 9.17) is 4.42 Å². The topological polar surface area (TPSA) is 114 Å². The smallest absolute Gasteiger partial charge is 0.264 e. The van der Waals surface area contributed by atoms with Crippen LogP contribution in [0, 0.1) is 0 Å².